The van der Waals surface area contributed by atoms with Gasteiger partial charge in [-0.3, -0.25) is 0 Å². The summed E-state index contributed by atoms with van der Waals surface area (Å²) in [6.07, 6.45) is 0.0623. The first kappa shape index (κ1) is 16.2. The van der Waals surface area contributed by atoms with Crippen molar-refractivity contribution in [1.82, 2.24) is 4.90 Å². The molecule has 0 heterocycles. The minimum atomic E-state index is -0.734. The Bertz CT molecular complexity index is 237. The monoisotopic (exact) mass is 247 g/mol. The summed E-state index contributed by atoms with van der Waals surface area (Å²) in [5, 5.41) is 19.0. The van der Waals surface area contributed by atoms with E-state index >= 15 is 0 Å². The average molecular weight is 247 g/mol. The second-order valence-corrected chi connectivity index (χ2v) is 5.20. The van der Waals surface area contributed by atoms with E-state index in [9.17, 15) is 15.0 Å². The van der Waals surface area contributed by atoms with Crippen LogP contribution in [0.1, 0.15) is 40.5 Å². The van der Waals surface area contributed by atoms with Crippen LogP contribution in [0.25, 0.3) is 0 Å². The van der Waals surface area contributed by atoms with Gasteiger partial charge in [-0.1, -0.05) is 13.3 Å². The predicted molar refractivity (Wildman–Crippen MR) is 65.8 cm³/mol. The van der Waals surface area contributed by atoms with Crippen molar-refractivity contribution in [2.24, 2.45) is 0 Å². The number of hydrogen-bond acceptors (Lipinski definition) is 4. The van der Waals surface area contributed by atoms with Gasteiger partial charge in [0.1, 0.15) is 5.60 Å². The van der Waals surface area contributed by atoms with E-state index in [-0.39, 0.29) is 6.61 Å². The minimum absolute atomic E-state index is 0.281. The number of carbonyl (C=O) groups excluding carboxylic acids is 1. The van der Waals surface area contributed by atoms with Gasteiger partial charge in [0.15, 0.2) is 0 Å². The normalized spacial score (nSPS) is 15.2. The SMILES string of the molecule is CCCC(O)C(CO)N(C)C(=O)OC(C)(C)C. The summed E-state index contributed by atoms with van der Waals surface area (Å²) in [6, 6.07) is -0.621. The molecular formula is C12H25NO4. The van der Waals surface area contributed by atoms with Gasteiger partial charge in [0.25, 0.3) is 0 Å². The zero-order chi connectivity index (χ0) is 13.6. The number of rotatable bonds is 5. The van der Waals surface area contributed by atoms with Crippen LogP contribution in [0.2, 0.25) is 0 Å². The molecule has 0 aromatic carbocycles. The first-order valence-electron chi connectivity index (χ1n) is 5.97. The molecule has 0 spiro atoms. The number of ether oxygens (including phenoxy) is 1. The first-order chi connectivity index (χ1) is 7.72. The Morgan fingerprint density at radius 3 is 2.29 bits per heavy atom. The van der Waals surface area contributed by atoms with Gasteiger partial charge < -0.3 is 19.8 Å². The van der Waals surface area contributed by atoms with Crippen molar-refractivity contribution in [3.8, 4) is 0 Å². The summed E-state index contributed by atoms with van der Waals surface area (Å²) >= 11 is 0. The van der Waals surface area contributed by atoms with Crippen molar-refractivity contribution in [1.29, 1.82) is 0 Å². The van der Waals surface area contributed by atoms with E-state index in [4.69, 9.17) is 4.74 Å². The van der Waals surface area contributed by atoms with Gasteiger partial charge in [-0.25, -0.2) is 4.79 Å². The second kappa shape index (κ2) is 6.81. The number of carbonyl (C=O) groups is 1. The third kappa shape index (κ3) is 5.89. The molecule has 0 radical (unpaired) electrons. The molecule has 102 valence electrons. The molecule has 2 atom stereocenters. The van der Waals surface area contributed by atoms with Gasteiger partial charge in [-0.05, 0) is 27.2 Å². The molecule has 2 unspecified atom stereocenters. The number of amides is 1. The lowest BCUT2D eigenvalue weighted by atomic mass is 10.1. The standard InChI is InChI=1S/C12H25NO4/c1-6-7-10(15)9(8-14)13(5)11(16)17-12(2,3)4/h9-10,14-15H,6-8H2,1-5H3. The average Bonchev–Trinajstić information content (AvgIpc) is 2.16. The fourth-order valence-corrected chi connectivity index (χ4v) is 1.46. The lowest BCUT2D eigenvalue weighted by Crippen LogP contribution is -2.48. The molecular weight excluding hydrogens is 222 g/mol. The Hall–Kier alpha value is -0.810. The molecule has 0 bridgehead atoms. The molecule has 0 saturated heterocycles. The lowest BCUT2D eigenvalue weighted by molar-refractivity contribution is -0.0126. The molecule has 0 aliphatic heterocycles. The molecule has 0 aromatic rings. The third-order valence-corrected chi connectivity index (χ3v) is 2.39. The van der Waals surface area contributed by atoms with E-state index in [0.717, 1.165) is 6.42 Å². The van der Waals surface area contributed by atoms with E-state index in [1.165, 1.54) is 11.9 Å². The zero-order valence-electron chi connectivity index (χ0n) is 11.4. The first-order valence-corrected chi connectivity index (χ1v) is 5.97. The molecule has 0 saturated carbocycles. The Morgan fingerprint density at radius 2 is 1.94 bits per heavy atom. The summed E-state index contributed by atoms with van der Waals surface area (Å²) in [4.78, 5) is 13.0. The van der Waals surface area contributed by atoms with Crippen LogP contribution in [-0.4, -0.2) is 52.6 Å². The molecule has 5 heteroatoms. The fraction of sp³-hybridized carbons (Fsp3) is 0.917. The van der Waals surface area contributed by atoms with Crippen molar-refractivity contribution in [2.75, 3.05) is 13.7 Å². The highest BCUT2D eigenvalue weighted by atomic mass is 16.6. The molecule has 0 rings (SSSR count). The molecule has 0 fully saturated rings. The van der Waals surface area contributed by atoms with Gasteiger partial charge in [-0.15, -0.1) is 0 Å². The molecule has 1 amide bonds. The van der Waals surface area contributed by atoms with Crippen LogP contribution in [0.3, 0.4) is 0 Å². The van der Waals surface area contributed by atoms with Gasteiger partial charge in [0.2, 0.25) is 0 Å². The zero-order valence-corrected chi connectivity index (χ0v) is 11.4. The topological polar surface area (TPSA) is 70.0 Å². The summed E-state index contributed by atoms with van der Waals surface area (Å²) in [6.45, 7) is 6.97. The number of nitrogens with zero attached hydrogens (tertiary/aromatic N) is 1. The van der Waals surface area contributed by atoms with Crippen LogP contribution in [0, 0.1) is 0 Å². The highest BCUT2D eigenvalue weighted by Crippen LogP contribution is 2.14. The van der Waals surface area contributed by atoms with Crippen molar-refractivity contribution in [2.45, 2.75) is 58.3 Å². The number of aliphatic hydroxyl groups is 2. The largest absolute Gasteiger partial charge is 0.444 e. The van der Waals surface area contributed by atoms with Gasteiger partial charge in [0.05, 0.1) is 18.8 Å². The van der Waals surface area contributed by atoms with E-state index < -0.39 is 23.8 Å². The maximum atomic E-state index is 11.7. The quantitative estimate of drug-likeness (QED) is 0.770. The molecule has 0 aromatic heterocycles. The van der Waals surface area contributed by atoms with Crippen LogP contribution in [0.15, 0.2) is 0 Å². The van der Waals surface area contributed by atoms with E-state index in [0.29, 0.717) is 6.42 Å². The maximum absolute atomic E-state index is 11.7. The lowest BCUT2D eigenvalue weighted by Gasteiger charge is -2.32. The summed E-state index contributed by atoms with van der Waals surface area (Å²) in [5.41, 5.74) is -0.582. The van der Waals surface area contributed by atoms with Crippen molar-refractivity contribution in [3.63, 3.8) is 0 Å². The molecule has 17 heavy (non-hydrogen) atoms. The van der Waals surface area contributed by atoms with E-state index in [1.54, 1.807) is 20.8 Å². The number of hydrogen-bond donors (Lipinski definition) is 2. The van der Waals surface area contributed by atoms with Crippen LogP contribution in [0.4, 0.5) is 4.79 Å². The van der Waals surface area contributed by atoms with E-state index in [1.807, 2.05) is 6.92 Å². The molecule has 5 nitrogen and oxygen atoms in total. The Labute approximate surface area is 103 Å². The molecule has 0 aliphatic carbocycles. The van der Waals surface area contributed by atoms with Crippen molar-refractivity contribution >= 4 is 6.09 Å². The smallest absolute Gasteiger partial charge is 0.410 e. The van der Waals surface area contributed by atoms with Gasteiger partial charge >= 0.3 is 6.09 Å². The van der Waals surface area contributed by atoms with Crippen LogP contribution in [-0.2, 0) is 4.74 Å². The van der Waals surface area contributed by atoms with Crippen molar-refractivity contribution in [3.05, 3.63) is 0 Å². The third-order valence-electron chi connectivity index (χ3n) is 2.39. The summed E-state index contributed by atoms with van der Waals surface area (Å²) in [5.74, 6) is 0. The Kier molecular flexibility index (Phi) is 6.49. The van der Waals surface area contributed by atoms with Crippen LogP contribution >= 0.6 is 0 Å². The van der Waals surface area contributed by atoms with E-state index in [2.05, 4.69) is 0 Å². The van der Waals surface area contributed by atoms with Gasteiger partial charge in [-0.2, -0.15) is 0 Å². The van der Waals surface area contributed by atoms with Crippen LogP contribution in [0.5, 0.6) is 0 Å². The summed E-state index contributed by atoms with van der Waals surface area (Å²) < 4.78 is 5.18. The predicted octanol–water partition coefficient (Wildman–Crippen LogP) is 1.38. The van der Waals surface area contributed by atoms with Crippen LogP contribution < -0.4 is 0 Å². The molecule has 0 aliphatic rings. The van der Waals surface area contributed by atoms with Gasteiger partial charge in [0, 0.05) is 7.05 Å². The number of aliphatic hydroxyl groups excluding tert-OH is 2. The summed E-state index contributed by atoms with van der Waals surface area (Å²) in [7, 11) is 1.52. The second-order valence-electron chi connectivity index (χ2n) is 5.20. The highest BCUT2D eigenvalue weighted by Gasteiger charge is 2.29. The highest BCUT2D eigenvalue weighted by molar-refractivity contribution is 5.68. The Morgan fingerprint density at radius 1 is 1.41 bits per heavy atom. The maximum Gasteiger partial charge on any atom is 0.410 e. The molecule has 2 N–H and O–H groups in total. The van der Waals surface area contributed by atoms with Crippen molar-refractivity contribution < 1.29 is 19.7 Å². The Balaban J connectivity index is 4.52. The fourth-order valence-electron chi connectivity index (χ4n) is 1.46. The minimum Gasteiger partial charge on any atom is -0.444 e. The number of likely N-dealkylation sites (N-methyl/N-ethyl adjacent to an activating group) is 1.